The number of nitrogens with two attached hydrogens (primary N) is 1. The van der Waals surface area contributed by atoms with Gasteiger partial charge in [0, 0.05) is 16.8 Å². The van der Waals surface area contributed by atoms with E-state index in [4.69, 9.17) is 5.73 Å². The summed E-state index contributed by atoms with van der Waals surface area (Å²) in [7, 11) is 0. The van der Waals surface area contributed by atoms with Gasteiger partial charge in [0.05, 0.1) is 0 Å². The number of rotatable bonds is 3. The Morgan fingerprint density at radius 3 is 1.84 bits per heavy atom. The standard InChI is InChI=1S/C19H21N3O3/c1-19(2,3)14-8-4-13(5-9-14)17(24)22-18(25)21-15-10-6-12(7-11-15)16(20)23/h4-11H,1-3H3,(H2,20,23)(H2,21,22,24,25). The summed E-state index contributed by atoms with van der Waals surface area (Å²) in [6, 6.07) is 12.5. The number of hydrogen-bond acceptors (Lipinski definition) is 3. The van der Waals surface area contributed by atoms with Crippen molar-refractivity contribution >= 4 is 23.5 Å². The van der Waals surface area contributed by atoms with Crippen molar-refractivity contribution in [2.24, 2.45) is 5.73 Å². The van der Waals surface area contributed by atoms with Gasteiger partial charge in [0.1, 0.15) is 0 Å². The summed E-state index contributed by atoms with van der Waals surface area (Å²) >= 11 is 0. The summed E-state index contributed by atoms with van der Waals surface area (Å²) in [5, 5.41) is 4.78. The number of anilines is 1. The van der Waals surface area contributed by atoms with Gasteiger partial charge in [0.25, 0.3) is 5.91 Å². The molecule has 0 aliphatic carbocycles. The summed E-state index contributed by atoms with van der Waals surface area (Å²) in [4.78, 5) is 35.0. The third-order valence-corrected chi connectivity index (χ3v) is 3.67. The first-order valence-corrected chi connectivity index (χ1v) is 7.79. The fourth-order valence-electron chi connectivity index (χ4n) is 2.18. The molecule has 130 valence electrons. The van der Waals surface area contributed by atoms with Gasteiger partial charge >= 0.3 is 6.03 Å². The number of nitrogens with one attached hydrogen (secondary N) is 2. The first-order chi connectivity index (χ1) is 11.7. The molecule has 4 amide bonds. The summed E-state index contributed by atoms with van der Waals surface area (Å²) < 4.78 is 0. The molecule has 6 nitrogen and oxygen atoms in total. The van der Waals surface area contributed by atoms with Gasteiger partial charge in [-0.05, 0) is 47.4 Å². The number of carbonyl (C=O) groups is 3. The Hall–Kier alpha value is -3.15. The maximum atomic E-state index is 12.1. The summed E-state index contributed by atoms with van der Waals surface area (Å²) in [6.45, 7) is 6.25. The van der Waals surface area contributed by atoms with Crippen molar-refractivity contribution in [1.82, 2.24) is 5.32 Å². The first-order valence-electron chi connectivity index (χ1n) is 7.79. The molecule has 25 heavy (non-hydrogen) atoms. The molecule has 0 aromatic heterocycles. The van der Waals surface area contributed by atoms with Gasteiger partial charge in [-0.15, -0.1) is 0 Å². The quantitative estimate of drug-likeness (QED) is 0.801. The van der Waals surface area contributed by atoms with Crippen molar-refractivity contribution in [2.75, 3.05) is 5.32 Å². The zero-order chi connectivity index (χ0) is 18.6. The molecular formula is C19H21N3O3. The summed E-state index contributed by atoms with van der Waals surface area (Å²) in [6.07, 6.45) is 0. The van der Waals surface area contributed by atoms with Crippen molar-refractivity contribution in [3.05, 3.63) is 65.2 Å². The first kappa shape index (κ1) is 18.2. The SMILES string of the molecule is CC(C)(C)c1ccc(C(=O)NC(=O)Nc2ccc(C(N)=O)cc2)cc1. The molecule has 2 rings (SSSR count). The fourth-order valence-corrected chi connectivity index (χ4v) is 2.18. The van der Waals surface area contributed by atoms with E-state index in [-0.39, 0.29) is 5.41 Å². The molecule has 0 saturated carbocycles. The van der Waals surface area contributed by atoms with Gasteiger partial charge < -0.3 is 11.1 Å². The van der Waals surface area contributed by atoms with Crippen LogP contribution in [0.2, 0.25) is 0 Å². The number of imide groups is 1. The Morgan fingerprint density at radius 2 is 1.36 bits per heavy atom. The molecule has 0 saturated heterocycles. The van der Waals surface area contributed by atoms with Crippen LogP contribution in [0.3, 0.4) is 0 Å². The highest BCUT2D eigenvalue weighted by molar-refractivity contribution is 6.08. The van der Waals surface area contributed by atoms with Crippen molar-refractivity contribution in [3.63, 3.8) is 0 Å². The van der Waals surface area contributed by atoms with Gasteiger partial charge in [-0.25, -0.2) is 4.79 Å². The predicted octanol–water partition coefficient (Wildman–Crippen LogP) is 3.04. The minimum Gasteiger partial charge on any atom is -0.366 e. The molecule has 0 unspecified atom stereocenters. The second-order valence-corrected chi connectivity index (χ2v) is 6.68. The highest BCUT2D eigenvalue weighted by atomic mass is 16.2. The van der Waals surface area contributed by atoms with E-state index >= 15 is 0 Å². The van der Waals surface area contributed by atoms with Crippen LogP contribution in [0, 0.1) is 0 Å². The van der Waals surface area contributed by atoms with Crippen molar-refractivity contribution in [1.29, 1.82) is 0 Å². The average molecular weight is 339 g/mol. The second-order valence-electron chi connectivity index (χ2n) is 6.68. The van der Waals surface area contributed by atoms with E-state index in [2.05, 4.69) is 31.4 Å². The highest BCUT2D eigenvalue weighted by Crippen LogP contribution is 2.22. The number of carbonyl (C=O) groups excluding carboxylic acids is 3. The monoisotopic (exact) mass is 339 g/mol. The van der Waals surface area contributed by atoms with E-state index < -0.39 is 17.8 Å². The lowest BCUT2D eigenvalue weighted by molar-refractivity contribution is 0.0965. The smallest absolute Gasteiger partial charge is 0.326 e. The number of hydrogen-bond donors (Lipinski definition) is 3. The van der Waals surface area contributed by atoms with Gasteiger partial charge in [-0.1, -0.05) is 32.9 Å². The molecule has 0 bridgehead atoms. The normalized spacial score (nSPS) is 10.8. The number of benzene rings is 2. The van der Waals surface area contributed by atoms with Crippen LogP contribution < -0.4 is 16.4 Å². The van der Waals surface area contributed by atoms with Crippen LogP contribution in [0.15, 0.2) is 48.5 Å². The zero-order valence-corrected chi connectivity index (χ0v) is 14.4. The molecule has 0 aliphatic rings. The minimum atomic E-state index is -0.656. The molecule has 2 aromatic rings. The third-order valence-electron chi connectivity index (χ3n) is 3.67. The molecule has 0 spiro atoms. The summed E-state index contributed by atoms with van der Waals surface area (Å²) in [5.41, 5.74) is 7.41. The average Bonchev–Trinajstić information content (AvgIpc) is 2.54. The largest absolute Gasteiger partial charge is 0.366 e. The maximum Gasteiger partial charge on any atom is 0.326 e. The molecular weight excluding hydrogens is 318 g/mol. The molecule has 2 aromatic carbocycles. The Bertz CT molecular complexity index is 788. The van der Waals surface area contributed by atoms with Gasteiger partial charge in [-0.2, -0.15) is 0 Å². The van der Waals surface area contributed by atoms with E-state index in [1.165, 1.54) is 24.3 Å². The Labute approximate surface area is 146 Å². The van der Waals surface area contributed by atoms with E-state index in [1.54, 1.807) is 12.1 Å². The van der Waals surface area contributed by atoms with Gasteiger partial charge in [0.2, 0.25) is 5.91 Å². The Morgan fingerprint density at radius 1 is 0.840 bits per heavy atom. The second kappa shape index (κ2) is 7.17. The molecule has 0 aliphatic heterocycles. The van der Waals surface area contributed by atoms with Gasteiger partial charge in [-0.3, -0.25) is 14.9 Å². The lowest BCUT2D eigenvalue weighted by Gasteiger charge is -2.19. The predicted molar refractivity (Wildman–Crippen MR) is 96.6 cm³/mol. The number of primary amides is 1. The molecule has 6 heteroatoms. The molecule has 0 atom stereocenters. The highest BCUT2D eigenvalue weighted by Gasteiger charge is 2.15. The van der Waals surface area contributed by atoms with Crippen LogP contribution in [-0.4, -0.2) is 17.8 Å². The Balaban J connectivity index is 1.97. The van der Waals surface area contributed by atoms with Crippen LogP contribution in [-0.2, 0) is 5.41 Å². The van der Waals surface area contributed by atoms with Crippen molar-refractivity contribution in [2.45, 2.75) is 26.2 Å². The van der Waals surface area contributed by atoms with Crippen LogP contribution in [0.25, 0.3) is 0 Å². The third kappa shape index (κ3) is 4.91. The molecule has 0 radical (unpaired) electrons. The van der Waals surface area contributed by atoms with Crippen LogP contribution in [0.4, 0.5) is 10.5 Å². The van der Waals surface area contributed by atoms with Crippen LogP contribution >= 0.6 is 0 Å². The lowest BCUT2D eigenvalue weighted by Crippen LogP contribution is -2.34. The molecule has 0 fully saturated rings. The fraction of sp³-hybridized carbons (Fsp3) is 0.211. The van der Waals surface area contributed by atoms with E-state index in [1.807, 2.05) is 12.1 Å². The van der Waals surface area contributed by atoms with Gasteiger partial charge in [0.15, 0.2) is 0 Å². The van der Waals surface area contributed by atoms with E-state index in [9.17, 15) is 14.4 Å². The maximum absolute atomic E-state index is 12.1. The van der Waals surface area contributed by atoms with Crippen LogP contribution in [0.1, 0.15) is 47.1 Å². The Kier molecular flexibility index (Phi) is 5.22. The van der Waals surface area contributed by atoms with E-state index in [0.717, 1.165) is 5.56 Å². The number of amides is 4. The lowest BCUT2D eigenvalue weighted by atomic mass is 9.87. The number of urea groups is 1. The van der Waals surface area contributed by atoms with Crippen LogP contribution in [0.5, 0.6) is 0 Å². The molecule has 0 heterocycles. The summed E-state index contributed by atoms with van der Waals surface area (Å²) in [5.74, 6) is -1.04. The topological polar surface area (TPSA) is 101 Å². The van der Waals surface area contributed by atoms with Crippen molar-refractivity contribution < 1.29 is 14.4 Å². The molecule has 4 N–H and O–H groups in total. The zero-order valence-electron chi connectivity index (χ0n) is 14.4. The minimum absolute atomic E-state index is 0.0105. The van der Waals surface area contributed by atoms with E-state index in [0.29, 0.717) is 16.8 Å². The van der Waals surface area contributed by atoms with Crippen molar-refractivity contribution in [3.8, 4) is 0 Å².